The van der Waals surface area contributed by atoms with E-state index in [1.807, 2.05) is 60.7 Å². The largest absolute Gasteiger partial charge is 0.323 e. The lowest BCUT2D eigenvalue weighted by Crippen LogP contribution is -2.13. The van der Waals surface area contributed by atoms with Crippen molar-refractivity contribution in [1.29, 1.82) is 0 Å². The number of nitrogens with one attached hydrogen (secondary N) is 2. The van der Waals surface area contributed by atoms with Crippen molar-refractivity contribution < 1.29 is 9.59 Å². The van der Waals surface area contributed by atoms with Crippen LogP contribution in [0.5, 0.6) is 0 Å². The van der Waals surface area contributed by atoms with Gasteiger partial charge in [-0.05, 0) is 84.0 Å². The predicted octanol–water partition coefficient (Wildman–Crippen LogP) is 6.61. The first kappa shape index (κ1) is 24.2. The number of hydrogen-bond donors (Lipinski definition) is 2. The molecule has 1 aliphatic rings. The van der Waals surface area contributed by atoms with E-state index in [-0.39, 0.29) is 11.8 Å². The lowest BCUT2D eigenvalue weighted by atomic mass is 9.96. The third-order valence-electron chi connectivity index (χ3n) is 6.76. The van der Waals surface area contributed by atoms with Gasteiger partial charge in [-0.25, -0.2) is 9.97 Å². The molecule has 1 saturated carbocycles. The standard InChI is InChI=1S/C32H25N5O2/c1-2-30(38)36-26-7-4-6-22(15-26)28-16-24(13-25-17-33-19-35-31(25)28)23-11-12-29(34-18-23)32(39)37-27-8-3-5-21(14-27)20-9-10-20/h2-8,11-20H,1,9-10H2,(H,36,38)(H,37,39). The molecule has 0 saturated heterocycles. The van der Waals surface area contributed by atoms with E-state index in [1.54, 1.807) is 18.5 Å². The van der Waals surface area contributed by atoms with E-state index in [2.05, 4.69) is 38.2 Å². The van der Waals surface area contributed by atoms with Crippen LogP contribution in [0.25, 0.3) is 33.2 Å². The van der Waals surface area contributed by atoms with E-state index in [9.17, 15) is 9.59 Å². The fourth-order valence-electron chi connectivity index (χ4n) is 4.63. The van der Waals surface area contributed by atoms with Crippen LogP contribution in [0.1, 0.15) is 34.8 Å². The number of benzene rings is 3. The van der Waals surface area contributed by atoms with E-state index >= 15 is 0 Å². The number of nitrogens with zero attached hydrogens (tertiary/aromatic N) is 3. The number of aromatic nitrogens is 3. The number of fused-ring (bicyclic) bond motifs is 1. The summed E-state index contributed by atoms with van der Waals surface area (Å²) in [6, 6.07) is 23.2. The molecule has 39 heavy (non-hydrogen) atoms. The first-order valence-corrected chi connectivity index (χ1v) is 12.7. The molecule has 6 rings (SSSR count). The van der Waals surface area contributed by atoms with Crippen LogP contribution in [0.15, 0.2) is 104 Å². The summed E-state index contributed by atoms with van der Waals surface area (Å²) in [5, 5.41) is 6.63. The molecule has 0 atom stereocenters. The van der Waals surface area contributed by atoms with Crippen molar-refractivity contribution in [2.45, 2.75) is 18.8 Å². The molecule has 190 valence electrons. The van der Waals surface area contributed by atoms with E-state index < -0.39 is 0 Å². The summed E-state index contributed by atoms with van der Waals surface area (Å²) < 4.78 is 0. The highest BCUT2D eigenvalue weighted by atomic mass is 16.2. The van der Waals surface area contributed by atoms with Crippen LogP contribution in [0.2, 0.25) is 0 Å². The quantitative estimate of drug-likeness (QED) is 0.240. The zero-order valence-electron chi connectivity index (χ0n) is 21.1. The van der Waals surface area contributed by atoms with Gasteiger partial charge in [-0.3, -0.25) is 14.6 Å². The Morgan fingerprint density at radius 1 is 0.821 bits per heavy atom. The van der Waals surface area contributed by atoms with Gasteiger partial charge in [-0.15, -0.1) is 0 Å². The van der Waals surface area contributed by atoms with Crippen molar-refractivity contribution in [2.24, 2.45) is 0 Å². The number of carbonyl (C=O) groups excluding carboxylic acids is 2. The molecule has 2 amide bonds. The van der Waals surface area contributed by atoms with Crippen molar-refractivity contribution in [3.63, 3.8) is 0 Å². The molecule has 2 heterocycles. The second-order valence-electron chi connectivity index (χ2n) is 9.54. The number of carbonyl (C=O) groups is 2. The Hall–Kier alpha value is -5.17. The molecular weight excluding hydrogens is 486 g/mol. The van der Waals surface area contributed by atoms with Crippen molar-refractivity contribution in [2.75, 3.05) is 10.6 Å². The summed E-state index contributed by atoms with van der Waals surface area (Å²) in [7, 11) is 0. The second-order valence-corrected chi connectivity index (χ2v) is 9.54. The molecular formula is C32H25N5O2. The maximum Gasteiger partial charge on any atom is 0.274 e. The lowest BCUT2D eigenvalue weighted by Gasteiger charge is -2.12. The average Bonchev–Trinajstić information content (AvgIpc) is 3.83. The van der Waals surface area contributed by atoms with Gasteiger partial charge < -0.3 is 10.6 Å². The summed E-state index contributed by atoms with van der Waals surface area (Å²) in [5.74, 6) is 0.0873. The monoisotopic (exact) mass is 511 g/mol. The van der Waals surface area contributed by atoms with Crippen molar-refractivity contribution in [1.82, 2.24) is 15.0 Å². The van der Waals surface area contributed by atoms with Gasteiger partial charge >= 0.3 is 0 Å². The summed E-state index contributed by atoms with van der Waals surface area (Å²) in [6.07, 6.45) is 8.64. The first-order chi connectivity index (χ1) is 19.1. The predicted molar refractivity (Wildman–Crippen MR) is 153 cm³/mol. The Labute approximate surface area is 225 Å². The molecule has 3 aromatic carbocycles. The van der Waals surface area contributed by atoms with Gasteiger partial charge in [-0.1, -0.05) is 36.9 Å². The molecule has 2 N–H and O–H groups in total. The second kappa shape index (κ2) is 10.3. The molecule has 7 nitrogen and oxygen atoms in total. The summed E-state index contributed by atoms with van der Waals surface area (Å²) in [6.45, 7) is 3.51. The van der Waals surface area contributed by atoms with Crippen molar-refractivity contribution in [3.05, 3.63) is 115 Å². The van der Waals surface area contributed by atoms with Crippen LogP contribution in [0.3, 0.4) is 0 Å². The van der Waals surface area contributed by atoms with Crippen LogP contribution in [-0.4, -0.2) is 26.8 Å². The summed E-state index contributed by atoms with van der Waals surface area (Å²) in [4.78, 5) is 37.9. The van der Waals surface area contributed by atoms with Gasteiger partial charge in [0, 0.05) is 40.3 Å². The lowest BCUT2D eigenvalue weighted by molar-refractivity contribution is -0.111. The Morgan fingerprint density at radius 3 is 2.41 bits per heavy atom. The number of anilines is 2. The average molecular weight is 512 g/mol. The third kappa shape index (κ3) is 5.29. The number of rotatable bonds is 7. The molecule has 5 aromatic rings. The van der Waals surface area contributed by atoms with Gasteiger partial charge in [0.25, 0.3) is 5.91 Å². The van der Waals surface area contributed by atoms with Crippen molar-refractivity contribution >= 4 is 34.1 Å². The van der Waals surface area contributed by atoms with E-state index in [4.69, 9.17) is 0 Å². The topological polar surface area (TPSA) is 96.9 Å². The SMILES string of the molecule is C=CC(=O)Nc1cccc(-c2cc(-c3ccc(C(=O)Nc4cccc(C5CC5)c4)nc3)cc3cncnc23)c1. The van der Waals surface area contributed by atoms with E-state index in [0.717, 1.165) is 38.8 Å². The zero-order chi connectivity index (χ0) is 26.8. The fourth-order valence-corrected chi connectivity index (χ4v) is 4.63. The van der Waals surface area contributed by atoms with E-state index in [1.165, 1.54) is 30.8 Å². The fraction of sp³-hybridized carbons (Fsp3) is 0.0938. The minimum absolute atomic E-state index is 0.250. The van der Waals surface area contributed by atoms with Crippen LogP contribution < -0.4 is 10.6 Å². The minimum Gasteiger partial charge on any atom is -0.323 e. The van der Waals surface area contributed by atoms with Gasteiger partial charge in [-0.2, -0.15) is 0 Å². The van der Waals surface area contributed by atoms with Crippen molar-refractivity contribution in [3.8, 4) is 22.3 Å². The third-order valence-corrected chi connectivity index (χ3v) is 6.76. The number of hydrogen-bond acceptors (Lipinski definition) is 5. The number of amides is 2. The molecule has 7 heteroatoms. The van der Waals surface area contributed by atoms with Crippen LogP contribution in [-0.2, 0) is 4.79 Å². The highest BCUT2D eigenvalue weighted by molar-refractivity contribution is 6.03. The molecule has 0 aliphatic heterocycles. The summed E-state index contributed by atoms with van der Waals surface area (Å²) >= 11 is 0. The zero-order valence-corrected chi connectivity index (χ0v) is 21.1. The molecule has 1 aliphatic carbocycles. The molecule has 0 spiro atoms. The first-order valence-electron chi connectivity index (χ1n) is 12.7. The molecule has 2 aromatic heterocycles. The minimum atomic E-state index is -0.279. The highest BCUT2D eigenvalue weighted by Gasteiger charge is 2.23. The molecule has 0 radical (unpaired) electrons. The van der Waals surface area contributed by atoms with Gasteiger partial charge in [0.05, 0.1) is 5.52 Å². The normalized spacial score (nSPS) is 12.6. The molecule has 1 fully saturated rings. The molecule has 0 unspecified atom stereocenters. The Morgan fingerprint density at radius 2 is 1.64 bits per heavy atom. The highest BCUT2D eigenvalue weighted by Crippen LogP contribution is 2.40. The Bertz CT molecular complexity index is 1730. The summed E-state index contributed by atoms with van der Waals surface area (Å²) in [5.41, 5.74) is 7.36. The van der Waals surface area contributed by atoms with Crippen LogP contribution in [0.4, 0.5) is 11.4 Å². The van der Waals surface area contributed by atoms with Gasteiger partial charge in [0.2, 0.25) is 5.91 Å². The van der Waals surface area contributed by atoms with Gasteiger partial charge in [0.15, 0.2) is 0 Å². The Kier molecular flexibility index (Phi) is 6.39. The maximum absolute atomic E-state index is 12.9. The smallest absolute Gasteiger partial charge is 0.274 e. The Balaban J connectivity index is 1.30. The number of pyridine rings is 1. The molecule has 0 bridgehead atoms. The van der Waals surface area contributed by atoms with Crippen LogP contribution >= 0.6 is 0 Å². The van der Waals surface area contributed by atoms with Crippen LogP contribution in [0, 0.1) is 0 Å². The van der Waals surface area contributed by atoms with Gasteiger partial charge in [0.1, 0.15) is 12.0 Å². The van der Waals surface area contributed by atoms with E-state index in [0.29, 0.717) is 17.3 Å². The maximum atomic E-state index is 12.9.